The van der Waals surface area contributed by atoms with Gasteiger partial charge in [-0.3, -0.25) is 14.4 Å². The Bertz CT molecular complexity index is 789. The molecule has 0 heterocycles. The zero-order valence-electron chi connectivity index (χ0n) is 12.7. The van der Waals surface area contributed by atoms with Crippen LogP contribution in [0.5, 0.6) is 0 Å². The first-order chi connectivity index (χ1) is 11.4. The summed E-state index contributed by atoms with van der Waals surface area (Å²) in [4.78, 5) is 35.0. The fourth-order valence-corrected chi connectivity index (χ4v) is 2.19. The summed E-state index contributed by atoms with van der Waals surface area (Å²) in [5.74, 6) is -0.878. The molecule has 0 fully saturated rings. The van der Waals surface area contributed by atoms with E-state index in [9.17, 15) is 14.4 Å². The lowest BCUT2D eigenvalue weighted by atomic mass is 10.1. The second kappa shape index (κ2) is 7.95. The fraction of sp³-hybridized carbons (Fsp3) is 0.118. The zero-order valence-corrected chi connectivity index (χ0v) is 14.2. The van der Waals surface area contributed by atoms with Gasteiger partial charge in [0.05, 0.1) is 16.6 Å². The number of ketones is 1. The molecule has 0 aliphatic carbocycles. The average molecular weight is 365 g/mol. The maximum absolute atomic E-state index is 12.0. The van der Waals surface area contributed by atoms with E-state index in [1.54, 1.807) is 24.3 Å². The van der Waals surface area contributed by atoms with Crippen molar-refractivity contribution in [1.29, 1.82) is 0 Å². The van der Waals surface area contributed by atoms with Gasteiger partial charge in [-0.1, -0.05) is 23.2 Å². The number of amides is 2. The third-order valence-corrected chi connectivity index (χ3v) is 3.91. The van der Waals surface area contributed by atoms with Crippen molar-refractivity contribution in [2.75, 3.05) is 11.9 Å². The number of rotatable bonds is 5. The molecule has 0 unspecified atom stereocenters. The van der Waals surface area contributed by atoms with Crippen molar-refractivity contribution in [2.45, 2.75) is 6.92 Å². The summed E-state index contributed by atoms with van der Waals surface area (Å²) in [6.45, 7) is 1.26. The summed E-state index contributed by atoms with van der Waals surface area (Å²) in [5.41, 5.74) is 1.40. The van der Waals surface area contributed by atoms with Gasteiger partial charge in [0.2, 0.25) is 5.91 Å². The third kappa shape index (κ3) is 4.81. The highest BCUT2D eigenvalue weighted by atomic mass is 35.5. The van der Waals surface area contributed by atoms with Crippen LogP contribution in [0.15, 0.2) is 42.5 Å². The van der Waals surface area contributed by atoms with Crippen LogP contribution in [-0.2, 0) is 4.79 Å². The Morgan fingerprint density at radius 1 is 0.917 bits per heavy atom. The van der Waals surface area contributed by atoms with Crippen LogP contribution in [0.4, 0.5) is 5.69 Å². The van der Waals surface area contributed by atoms with Crippen LogP contribution >= 0.6 is 23.2 Å². The van der Waals surface area contributed by atoms with Gasteiger partial charge in [-0.05, 0) is 49.4 Å². The van der Waals surface area contributed by atoms with Crippen LogP contribution in [0.1, 0.15) is 27.6 Å². The van der Waals surface area contributed by atoms with E-state index in [2.05, 4.69) is 10.6 Å². The van der Waals surface area contributed by atoms with Crippen molar-refractivity contribution in [3.05, 3.63) is 63.6 Å². The molecule has 0 saturated heterocycles. The van der Waals surface area contributed by atoms with E-state index in [1.807, 2.05) is 0 Å². The smallest absolute Gasteiger partial charge is 0.251 e. The van der Waals surface area contributed by atoms with Crippen molar-refractivity contribution in [2.24, 2.45) is 0 Å². The second-order valence-electron chi connectivity index (χ2n) is 4.99. The standard InChI is InChI=1S/C17H14Cl2N2O3/c1-10(22)11-2-5-13(6-3-11)21-16(23)9-20-17(24)12-4-7-14(18)15(19)8-12/h2-8H,9H2,1H3,(H,20,24)(H,21,23). The van der Waals surface area contributed by atoms with Crippen LogP contribution in [0.25, 0.3) is 0 Å². The van der Waals surface area contributed by atoms with Gasteiger partial charge in [0.25, 0.3) is 5.91 Å². The van der Waals surface area contributed by atoms with Crippen LogP contribution in [-0.4, -0.2) is 24.1 Å². The van der Waals surface area contributed by atoms with Gasteiger partial charge < -0.3 is 10.6 Å². The quantitative estimate of drug-likeness (QED) is 0.796. The van der Waals surface area contributed by atoms with Gasteiger partial charge >= 0.3 is 0 Å². The molecule has 0 aromatic heterocycles. The lowest BCUT2D eigenvalue weighted by Crippen LogP contribution is -2.32. The lowest BCUT2D eigenvalue weighted by molar-refractivity contribution is -0.115. The van der Waals surface area contributed by atoms with Gasteiger partial charge in [-0.15, -0.1) is 0 Å². The van der Waals surface area contributed by atoms with Gasteiger partial charge in [-0.2, -0.15) is 0 Å². The molecule has 0 spiro atoms. The maximum Gasteiger partial charge on any atom is 0.251 e. The maximum atomic E-state index is 12.0. The van der Waals surface area contributed by atoms with E-state index in [0.717, 1.165) is 0 Å². The number of benzene rings is 2. The number of nitrogens with one attached hydrogen (secondary N) is 2. The predicted molar refractivity (Wildman–Crippen MR) is 93.9 cm³/mol. The Hall–Kier alpha value is -2.37. The van der Waals surface area contributed by atoms with Crippen LogP contribution in [0, 0.1) is 0 Å². The van der Waals surface area contributed by atoms with Crippen molar-refractivity contribution >= 4 is 46.5 Å². The normalized spacial score (nSPS) is 10.1. The van der Waals surface area contributed by atoms with Crippen molar-refractivity contribution < 1.29 is 14.4 Å². The molecule has 0 aliphatic rings. The highest BCUT2D eigenvalue weighted by molar-refractivity contribution is 6.42. The molecule has 0 saturated carbocycles. The molecule has 2 N–H and O–H groups in total. The number of carbonyl (C=O) groups is 3. The van der Waals surface area contributed by atoms with Gasteiger partial charge in [0.1, 0.15) is 0 Å². The monoisotopic (exact) mass is 364 g/mol. The van der Waals surface area contributed by atoms with E-state index >= 15 is 0 Å². The summed E-state index contributed by atoms with van der Waals surface area (Å²) < 4.78 is 0. The molecule has 2 rings (SSSR count). The SMILES string of the molecule is CC(=O)c1ccc(NC(=O)CNC(=O)c2ccc(Cl)c(Cl)c2)cc1. The second-order valence-corrected chi connectivity index (χ2v) is 5.81. The minimum absolute atomic E-state index is 0.0539. The Balaban J connectivity index is 1.89. The van der Waals surface area contributed by atoms with Crippen LogP contribution < -0.4 is 10.6 Å². The molecular weight excluding hydrogens is 351 g/mol. The predicted octanol–water partition coefficient (Wildman–Crippen LogP) is 3.56. The molecule has 0 radical (unpaired) electrons. The molecule has 2 aromatic rings. The number of carbonyl (C=O) groups excluding carboxylic acids is 3. The van der Waals surface area contributed by atoms with Gasteiger partial charge in [0, 0.05) is 16.8 Å². The molecule has 2 amide bonds. The number of hydrogen-bond acceptors (Lipinski definition) is 3. The molecule has 5 nitrogen and oxygen atoms in total. The topological polar surface area (TPSA) is 75.3 Å². The van der Waals surface area contributed by atoms with Crippen molar-refractivity contribution in [1.82, 2.24) is 5.32 Å². The van der Waals surface area contributed by atoms with E-state index in [0.29, 0.717) is 21.8 Å². The molecule has 0 bridgehead atoms. The minimum Gasteiger partial charge on any atom is -0.343 e. The van der Waals surface area contributed by atoms with Crippen molar-refractivity contribution in [3.63, 3.8) is 0 Å². The van der Waals surface area contributed by atoms with Crippen molar-refractivity contribution in [3.8, 4) is 0 Å². The van der Waals surface area contributed by atoms with Crippen LogP contribution in [0.2, 0.25) is 10.0 Å². The first-order valence-electron chi connectivity index (χ1n) is 7.01. The molecule has 0 atom stereocenters. The molecule has 124 valence electrons. The summed E-state index contributed by atoms with van der Waals surface area (Å²) in [6.07, 6.45) is 0. The minimum atomic E-state index is -0.435. The lowest BCUT2D eigenvalue weighted by Gasteiger charge is -2.08. The average Bonchev–Trinajstić information content (AvgIpc) is 2.55. The third-order valence-electron chi connectivity index (χ3n) is 3.17. The Morgan fingerprint density at radius 2 is 1.54 bits per heavy atom. The Labute approximate surface area is 149 Å². The number of halogens is 2. The molecule has 0 aliphatic heterocycles. The number of Topliss-reactive ketones (excluding diaryl/α,β-unsaturated/α-hetero) is 1. The van der Waals surface area contributed by atoms with E-state index in [-0.39, 0.29) is 23.3 Å². The fourth-order valence-electron chi connectivity index (χ4n) is 1.89. The van der Waals surface area contributed by atoms with Gasteiger partial charge in [-0.25, -0.2) is 0 Å². The largest absolute Gasteiger partial charge is 0.343 e. The highest BCUT2D eigenvalue weighted by Crippen LogP contribution is 2.22. The highest BCUT2D eigenvalue weighted by Gasteiger charge is 2.10. The van der Waals surface area contributed by atoms with E-state index < -0.39 is 5.91 Å². The zero-order chi connectivity index (χ0) is 17.7. The number of anilines is 1. The Kier molecular flexibility index (Phi) is 5.95. The summed E-state index contributed by atoms with van der Waals surface area (Å²) in [7, 11) is 0. The molecular formula is C17H14Cl2N2O3. The van der Waals surface area contributed by atoms with E-state index in [4.69, 9.17) is 23.2 Å². The number of hydrogen-bond donors (Lipinski definition) is 2. The van der Waals surface area contributed by atoms with Gasteiger partial charge in [0.15, 0.2) is 5.78 Å². The summed E-state index contributed by atoms with van der Waals surface area (Å²) in [5, 5.41) is 5.72. The Morgan fingerprint density at radius 3 is 2.12 bits per heavy atom. The summed E-state index contributed by atoms with van der Waals surface area (Å²) in [6, 6.07) is 10.9. The first-order valence-corrected chi connectivity index (χ1v) is 7.76. The summed E-state index contributed by atoms with van der Waals surface area (Å²) >= 11 is 11.6. The van der Waals surface area contributed by atoms with E-state index in [1.165, 1.54) is 25.1 Å². The molecule has 24 heavy (non-hydrogen) atoms. The molecule has 2 aromatic carbocycles. The first kappa shape index (κ1) is 18.0. The molecule has 7 heteroatoms. The van der Waals surface area contributed by atoms with Crippen LogP contribution in [0.3, 0.4) is 0 Å².